The first-order valence-corrected chi connectivity index (χ1v) is 10.3. The number of hydrogen-bond acceptors (Lipinski definition) is 3. The van der Waals surface area contributed by atoms with Gasteiger partial charge in [0.05, 0.1) is 10.6 Å². The molecule has 0 bridgehead atoms. The van der Waals surface area contributed by atoms with Crippen LogP contribution in [0.15, 0.2) is 57.8 Å². The number of nitrogens with zero attached hydrogens (tertiary/aromatic N) is 2. The Morgan fingerprint density at radius 2 is 1.48 bits per heavy atom. The first-order valence-electron chi connectivity index (χ1n) is 7.27. The average molecular weight is 413 g/mol. The van der Waals surface area contributed by atoms with Crippen molar-refractivity contribution >= 4 is 44.6 Å². The largest absolute Gasteiger partial charge is 0.319 e. The van der Waals surface area contributed by atoms with Crippen LogP contribution >= 0.6 is 34.5 Å². The van der Waals surface area contributed by atoms with Gasteiger partial charge in [-0.05, 0) is 48.9 Å². The number of thiazole rings is 1. The van der Waals surface area contributed by atoms with E-state index < -0.39 is 10.0 Å². The van der Waals surface area contributed by atoms with Crippen molar-refractivity contribution in [2.75, 3.05) is 0 Å². The summed E-state index contributed by atoms with van der Waals surface area (Å²) in [5, 5.41) is 1.12. The smallest absolute Gasteiger partial charge is 0.285 e. The summed E-state index contributed by atoms with van der Waals surface area (Å²) in [5.41, 5.74) is 1.86. The molecular weight excluding hydrogens is 399 g/mol. The molecule has 0 aliphatic carbocycles. The molecule has 3 aromatic rings. The summed E-state index contributed by atoms with van der Waals surface area (Å²) in [5.74, 6) is 0. The van der Waals surface area contributed by atoms with Crippen molar-refractivity contribution in [3.63, 3.8) is 0 Å². The molecule has 8 heteroatoms. The highest BCUT2D eigenvalue weighted by Crippen LogP contribution is 2.26. The molecule has 1 heterocycles. The molecule has 3 rings (SSSR count). The summed E-state index contributed by atoms with van der Waals surface area (Å²) in [6.45, 7) is 1.93. The summed E-state index contributed by atoms with van der Waals surface area (Å²) in [6.07, 6.45) is 0. The van der Waals surface area contributed by atoms with E-state index in [4.69, 9.17) is 23.2 Å². The lowest BCUT2D eigenvalue weighted by atomic mass is 10.1. The van der Waals surface area contributed by atoms with Crippen LogP contribution in [0.2, 0.25) is 10.0 Å². The molecule has 4 nitrogen and oxygen atoms in total. The van der Waals surface area contributed by atoms with E-state index in [1.807, 2.05) is 19.1 Å². The molecule has 0 spiro atoms. The molecule has 1 aromatic heterocycles. The molecule has 130 valence electrons. The predicted octanol–water partition coefficient (Wildman–Crippen LogP) is 4.66. The van der Waals surface area contributed by atoms with Gasteiger partial charge in [-0.15, -0.1) is 15.7 Å². The fourth-order valence-electron chi connectivity index (χ4n) is 2.43. The van der Waals surface area contributed by atoms with Crippen LogP contribution in [0.3, 0.4) is 0 Å². The second-order valence-electron chi connectivity index (χ2n) is 5.38. The first kappa shape index (κ1) is 18.2. The lowest BCUT2D eigenvalue weighted by Crippen LogP contribution is -2.14. The maximum atomic E-state index is 12.5. The van der Waals surface area contributed by atoms with E-state index in [-0.39, 0.29) is 4.90 Å². The number of aromatic nitrogens is 1. The minimum Gasteiger partial charge on any atom is -0.319 e. The lowest BCUT2D eigenvalue weighted by molar-refractivity contribution is 0.596. The third-order valence-corrected chi connectivity index (χ3v) is 6.58. The van der Waals surface area contributed by atoms with E-state index >= 15 is 0 Å². The molecule has 0 amide bonds. The Morgan fingerprint density at radius 3 is 2.04 bits per heavy atom. The standard InChI is InChI=1S/C17H14Cl2N2O2S2/c1-11-16(12-3-5-13(18)6-4-12)21(2)17(24-11)20-25(22,23)15-9-7-14(19)8-10-15/h3-10H,1-2H3. The van der Waals surface area contributed by atoms with Gasteiger partial charge in [-0.1, -0.05) is 35.3 Å². The molecule has 0 radical (unpaired) electrons. The second kappa shape index (κ2) is 6.96. The molecule has 2 aromatic carbocycles. The highest BCUT2D eigenvalue weighted by molar-refractivity contribution is 7.90. The van der Waals surface area contributed by atoms with Gasteiger partial charge in [0.25, 0.3) is 10.0 Å². The van der Waals surface area contributed by atoms with Crippen molar-refractivity contribution < 1.29 is 8.42 Å². The molecule has 0 fully saturated rings. The van der Waals surface area contributed by atoms with Crippen molar-refractivity contribution in [1.82, 2.24) is 4.57 Å². The molecule has 0 unspecified atom stereocenters. The number of hydrogen-bond donors (Lipinski definition) is 0. The highest BCUT2D eigenvalue weighted by Gasteiger charge is 2.15. The van der Waals surface area contributed by atoms with Gasteiger partial charge >= 0.3 is 0 Å². The van der Waals surface area contributed by atoms with E-state index in [0.717, 1.165) is 16.1 Å². The summed E-state index contributed by atoms with van der Waals surface area (Å²) in [4.78, 5) is 1.48. The lowest BCUT2D eigenvalue weighted by Gasteiger charge is -2.05. The zero-order valence-corrected chi connectivity index (χ0v) is 16.5. The van der Waals surface area contributed by atoms with Crippen molar-refractivity contribution in [2.24, 2.45) is 11.4 Å². The molecular formula is C17H14Cl2N2O2S2. The van der Waals surface area contributed by atoms with Crippen molar-refractivity contribution in [3.05, 3.63) is 68.3 Å². The first-order chi connectivity index (χ1) is 11.8. The van der Waals surface area contributed by atoms with Crippen LogP contribution in [0.1, 0.15) is 4.88 Å². The number of benzene rings is 2. The van der Waals surface area contributed by atoms with Gasteiger partial charge in [0, 0.05) is 22.0 Å². The molecule has 0 saturated carbocycles. The SMILES string of the molecule is Cc1sc(=NS(=O)(=O)c2ccc(Cl)cc2)n(C)c1-c1ccc(Cl)cc1. The Bertz CT molecular complexity index is 1080. The summed E-state index contributed by atoms with van der Waals surface area (Å²) < 4.78 is 30.8. The zero-order valence-electron chi connectivity index (χ0n) is 13.4. The maximum Gasteiger partial charge on any atom is 0.285 e. The molecule has 0 atom stereocenters. The fourth-order valence-corrected chi connectivity index (χ4v) is 4.89. The number of sulfonamides is 1. The Morgan fingerprint density at radius 1 is 0.960 bits per heavy atom. The third kappa shape index (κ3) is 3.82. The average Bonchev–Trinajstić information content (AvgIpc) is 2.82. The highest BCUT2D eigenvalue weighted by atomic mass is 35.5. The summed E-state index contributed by atoms with van der Waals surface area (Å²) in [7, 11) is -2.01. The van der Waals surface area contributed by atoms with E-state index in [2.05, 4.69) is 4.40 Å². The summed E-state index contributed by atoms with van der Waals surface area (Å²) in [6, 6.07) is 13.4. The minimum atomic E-state index is -3.81. The van der Waals surface area contributed by atoms with Crippen LogP contribution in [0.4, 0.5) is 0 Å². The Balaban J connectivity index is 2.12. The molecule has 0 aliphatic rings. The van der Waals surface area contributed by atoms with Gasteiger partial charge in [0.15, 0.2) is 0 Å². The number of halogens is 2. The molecule has 0 saturated heterocycles. The predicted molar refractivity (Wildman–Crippen MR) is 103 cm³/mol. The van der Waals surface area contributed by atoms with Crippen LogP contribution in [0.5, 0.6) is 0 Å². The molecule has 0 aliphatic heterocycles. The Kier molecular flexibility index (Phi) is 5.06. The van der Waals surface area contributed by atoms with E-state index in [9.17, 15) is 8.42 Å². The number of rotatable bonds is 3. The normalized spacial score (nSPS) is 12.6. The van der Waals surface area contributed by atoms with Gasteiger partial charge in [-0.2, -0.15) is 8.42 Å². The van der Waals surface area contributed by atoms with Crippen LogP contribution in [-0.4, -0.2) is 13.0 Å². The van der Waals surface area contributed by atoms with E-state index in [1.165, 1.54) is 35.6 Å². The number of aryl methyl sites for hydroxylation is 1. The summed E-state index contributed by atoms with van der Waals surface area (Å²) >= 11 is 13.1. The minimum absolute atomic E-state index is 0.107. The maximum absolute atomic E-state index is 12.5. The van der Waals surface area contributed by atoms with E-state index in [1.54, 1.807) is 23.7 Å². The topological polar surface area (TPSA) is 51.4 Å². The third-order valence-electron chi connectivity index (χ3n) is 3.63. The zero-order chi connectivity index (χ0) is 18.2. The monoisotopic (exact) mass is 412 g/mol. The fraction of sp³-hybridized carbons (Fsp3) is 0.118. The van der Waals surface area contributed by atoms with Gasteiger partial charge in [-0.25, -0.2) is 0 Å². The molecule has 25 heavy (non-hydrogen) atoms. The van der Waals surface area contributed by atoms with Gasteiger partial charge in [0.1, 0.15) is 0 Å². The molecule has 0 N–H and O–H groups in total. The van der Waals surface area contributed by atoms with Crippen LogP contribution in [-0.2, 0) is 17.1 Å². The van der Waals surface area contributed by atoms with Crippen molar-refractivity contribution in [2.45, 2.75) is 11.8 Å². The van der Waals surface area contributed by atoms with Crippen molar-refractivity contribution in [3.8, 4) is 11.3 Å². The van der Waals surface area contributed by atoms with Crippen LogP contribution < -0.4 is 4.80 Å². The Hall–Kier alpha value is -1.60. The van der Waals surface area contributed by atoms with Gasteiger partial charge < -0.3 is 4.57 Å². The quantitative estimate of drug-likeness (QED) is 0.627. The second-order valence-corrected chi connectivity index (χ2v) is 9.03. The van der Waals surface area contributed by atoms with Crippen molar-refractivity contribution in [1.29, 1.82) is 0 Å². The van der Waals surface area contributed by atoms with Gasteiger partial charge in [0.2, 0.25) is 4.80 Å². The Labute approximate surface area is 160 Å². The van der Waals surface area contributed by atoms with Gasteiger partial charge in [-0.3, -0.25) is 0 Å². The van der Waals surface area contributed by atoms with Crippen LogP contribution in [0.25, 0.3) is 11.3 Å². The van der Waals surface area contributed by atoms with Crippen LogP contribution in [0, 0.1) is 6.92 Å². The van der Waals surface area contributed by atoms with E-state index in [0.29, 0.717) is 14.8 Å².